The van der Waals surface area contributed by atoms with Gasteiger partial charge < -0.3 is 5.32 Å². The molecule has 0 saturated heterocycles. The van der Waals surface area contributed by atoms with Crippen LogP contribution in [0.3, 0.4) is 0 Å². The number of rotatable bonds is 4. The standard InChI is InChI=1S/C14H14BrF2NS/c1-3-18-8(2)13-4-5-14(19-13)9-6-10(15)12(17)7-11(9)16/h4-8,18H,3H2,1-2H3. The summed E-state index contributed by atoms with van der Waals surface area (Å²) in [6.07, 6.45) is 0. The number of thiophene rings is 1. The minimum Gasteiger partial charge on any atom is -0.310 e. The summed E-state index contributed by atoms with van der Waals surface area (Å²) in [6, 6.07) is 6.47. The smallest absolute Gasteiger partial charge is 0.140 e. The first-order chi connectivity index (χ1) is 9.02. The Morgan fingerprint density at radius 2 is 2.00 bits per heavy atom. The maximum Gasteiger partial charge on any atom is 0.140 e. The zero-order chi connectivity index (χ0) is 14.0. The molecular weight excluding hydrogens is 332 g/mol. The summed E-state index contributed by atoms with van der Waals surface area (Å²) in [4.78, 5) is 1.94. The van der Waals surface area contributed by atoms with Crippen molar-refractivity contribution in [2.24, 2.45) is 0 Å². The molecule has 1 aromatic heterocycles. The molecule has 0 aliphatic heterocycles. The lowest BCUT2D eigenvalue weighted by Crippen LogP contribution is -2.16. The van der Waals surface area contributed by atoms with Gasteiger partial charge in [0, 0.05) is 27.4 Å². The molecule has 1 atom stereocenters. The van der Waals surface area contributed by atoms with Crippen molar-refractivity contribution >= 4 is 27.3 Å². The van der Waals surface area contributed by atoms with E-state index in [1.54, 1.807) is 0 Å². The molecule has 1 nitrogen and oxygen atoms in total. The maximum atomic E-state index is 13.8. The Bertz CT molecular complexity index is 583. The van der Waals surface area contributed by atoms with Crippen LogP contribution in [0.25, 0.3) is 10.4 Å². The second kappa shape index (κ2) is 6.11. The Balaban J connectivity index is 2.35. The molecule has 1 aromatic carbocycles. The van der Waals surface area contributed by atoms with Crippen LogP contribution in [-0.2, 0) is 0 Å². The summed E-state index contributed by atoms with van der Waals surface area (Å²) in [6.45, 7) is 4.99. The summed E-state index contributed by atoms with van der Waals surface area (Å²) >= 11 is 4.61. The van der Waals surface area contributed by atoms with E-state index in [1.807, 2.05) is 19.1 Å². The van der Waals surface area contributed by atoms with Gasteiger partial charge in [0.2, 0.25) is 0 Å². The van der Waals surface area contributed by atoms with E-state index in [-0.39, 0.29) is 10.5 Å². The predicted octanol–water partition coefficient (Wildman–Crippen LogP) is 5.13. The molecule has 0 aliphatic carbocycles. The van der Waals surface area contributed by atoms with Crippen LogP contribution < -0.4 is 5.32 Å². The average Bonchev–Trinajstić information content (AvgIpc) is 2.83. The second-order valence-electron chi connectivity index (χ2n) is 4.23. The number of hydrogen-bond donors (Lipinski definition) is 1. The average molecular weight is 346 g/mol. The lowest BCUT2D eigenvalue weighted by atomic mass is 10.1. The molecule has 0 radical (unpaired) electrons. The van der Waals surface area contributed by atoms with Gasteiger partial charge in [-0.2, -0.15) is 0 Å². The molecule has 0 saturated carbocycles. The van der Waals surface area contributed by atoms with Crippen LogP contribution in [0.1, 0.15) is 24.8 Å². The van der Waals surface area contributed by atoms with E-state index in [9.17, 15) is 8.78 Å². The van der Waals surface area contributed by atoms with Crippen molar-refractivity contribution in [3.8, 4) is 10.4 Å². The van der Waals surface area contributed by atoms with Crippen LogP contribution in [-0.4, -0.2) is 6.54 Å². The van der Waals surface area contributed by atoms with Gasteiger partial charge in [-0.05, 0) is 47.6 Å². The molecule has 0 bridgehead atoms. The summed E-state index contributed by atoms with van der Waals surface area (Å²) in [5.41, 5.74) is 0.424. The maximum absolute atomic E-state index is 13.8. The molecule has 5 heteroatoms. The van der Waals surface area contributed by atoms with Crippen LogP contribution in [0.4, 0.5) is 8.78 Å². The first kappa shape index (κ1) is 14.6. The number of halogens is 3. The highest BCUT2D eigenvalue weighted by Crippen LogP contribution is 2.35. The van der Waals surface area contributed by atoms with Crippen LogP contribution in [0.5, 0.6) is 0 Å². The van der Waals surface area contributed by atoms with Gasteiger partial charge in [0.25, 0.3) is 0 Å². The molecule has 0 fully saturated rings. The summed E-state index contributed by atoms with van der Waals surface area (Å²) in [5.74, 6) is -1.12. The number of nitrogens with one attached hydrogen (secondary N) is 1. The van der Waals surface area contributed by atoms with Gasteiger partial charge in [-0.25, -0.2) is 8.78 Å². The summed E-state index contributed by atoms with van der Waals surface area (Å²) in [7, 11) is 0. The Labute approximate surface area is 123 Å². The normalized spacial score (nSPS) is 12.7. The number of hydrogen-bond acceptors (Lipinski definition) is 2. The van der Waals surface area contributed by atoms with E-state index >= 15 is 0 Å². The highest BCUT2D eigenvalue weighted by Gasteiger charge is 2.14. The zero-order valence-electron chi connectivity index (χ0n) is 10.6. The molecule has 2 rings (SSSR count). The molecule has 1 unspecified atom stereocenters. The minimum absolute atomic E-state index is 0.232. The quantitative estimate of drug-likeness (QED) is 0.757. The molecule has 0 spiro atoms. The Morgan fingerprint density at radius 1 is 1.26 bits per heavy atom. The second-order valence-corrected chi connectivity index (χ2v) is 6.20. The van der Waals surface area contributed by atoms with E-state index in [0.717, 1.165) is 22.4 Å². The third-order valence-electron chi connectivity index (χ3n) is 2.84. The van der Waals surface area contributed by atoms with Gasteiger partial charge in [-0.15, -0.1) is 11.3 Å². The Morgan fingerprint density at radius 3 is 2.68 bits per heavy atom. The molecule has 2 aromatic rings. The molecule has 102 valence electrons. The van der Waals surface area contributed by atoms with E-state index in [1.165, 1.54) is 17.4 Å². The third-order valence-corrected chi connectivity index (χ3v) is 4.75. The van der Waals surface area contributed by atoms with Crippen LogP contribution in [0.15, 0.2) is 28.7 Å². The Kier molecular flexibility index (Phi) is 4.71. The lowest BCUT2D eigenvalue weighted by Gasteiger charge is -2.09. The molecule has 1 heterocycles. The van der Waals surface area contributed by atoms with E-state index in [2.05, 4.69) is 28.2 Å². The van der Waals surface area contributed by atoms with Gasteiger partial charge in [-0.1, -0.05) is 6.92 Å². The molecular formula is C14H14BrF2NS. The van der Waals surface area contributed by atoms with Gasteiger partial charge in [0.15, 0.2) is 0 Å². The molecule has 0 amide bonds. The monoisotopic (exact) mass is 345 g/mol. The minimum atomic E-state index is -0.584. The summed E-state index contributed by atoms with van der Waals surface area (Å²) in [5, 5.41) is 3.31. The van der Waals surface area contributed by atoms with Crippen molar-refractivity contribution in [1.29, 1.82) is 0 Å². The first-order valence-corrected chi connectivity index (χ1v) is 7.62. The third kappa shape index (κ3) is 3.22. The van der Waals surface area contributed by atoms with Gasteiger partial charge in [0.05, 0.1) is 4.47 Å². The van der Waals surface area contributed by atoms with Gasteiger partial charge in [-0.3, -0.25) is 0 Å². The fourth-order valence-corrected chi connectivity index (χ4v) is 3.24. The van der Waals surface area contributed by atoms with Crippen molar-refractivity contribution in [3.05, 3.63) is 45.2 Å². The first-order valence-electron chi connectivity index (χ1n) is 6.01. The van der Waals surface area contributed by atoms with Gasteiger partial charge in [0.1, 0.15) is 11.6 Å². The van der Waals surface area contributed by atoms with E-state index < -0.39 is 11.6 Å². The topological polar surface area (TPSA) is 12.0 Å². The molecule has 19 heavy (non-hydrogen) atoms. The SMILES string of the molecule is CCNC(C)c1ccc(-c2cc(Br)c(F)cc2F)s1. The van der Waals surface area contributed by atoms with Crippen molar-refractivity contribution in [3.63, 3.8) is 0 Å². The van der Waals surface area contributed by atoms with Gasteiger partial charge >= 0.3 is 0 Å². The number of benzene rings is 1. The zero-order valence-corrected chi connectivity index (χ0v) is 13.0. The van der Waals surface area contributed by atoms with Crippen molar-refractivity contribution in [2.75, 3.05) is 6.54 Å². The fraction of sp³-hybridized carbons (Fsp3) is 0.286. The van der Waals surface area contributed by atoms with E-state index in [0.29, 0.717) is 5.56 Å². The van der Waals surface area contributed by atoms with Crippen LogP contribution in [0, 0.1) is 11.6 Å². The van der Waals surface area contributed by atoms with Crippen molar-refractivity contribution in [2.45, 2.75) is 19.9 Å². The Hall–Kier alpha value is -0.780. The van der Waals surface area contributed by atoms with Crippen LogP contribution in [0.2, 0.25) is 0 Å². The van der Waals surface area contributed by atoms with E-state index in [4.69, 9.17) is 0 Å². The fourth-order valence-electron chi connectivity index (χ4n) is 1.85. The highest BCUT2D eigenvalue weighted by atomic mass is 79.9. The highest BCUT2D eigenvalue weighted by molar-refractivity contribution is 9.10. The predicted molar refractivity (Wildman–Crippen MR) is 79.5 cm³/mol. The van der Waals surface area contributed by atoms with Crippen molar-refractivity contribution in [1.82, 2.24) is 5.32 Å². The lowest BCUT2D eigenvalue weighted by molar-refractivity contribution is 0.581. The summed E-state index contributed by atoms with van der Waals surface area (Å²) < 4.78 is 27.3. The van der Waals surface area contributed by atoms with Crippen LogP contribution >= 0.6 is 27.3 Å². The molecule has 1 N–H and O–H groups in total. The largest absolute Gasteiger partial charge is 0.310 e. The molecule has 0 aliphatic rings. The van der Waals surface area contributed by atoms with Crippen molar-refractivity contribution < 1.29 is 8.78 Å².